The van der Waals surface area contributed by atoms with Crippen molar-refractivity contribution in [3.8, 4) is 5.75 Å². The largest absolute Gasteiger partial charge is 0.496 e. The fourth-order valence-corrected chi connectivity index (χ4v) is 4.66. The van der Waals surface area contributed by atoms with Crippen LogP contribution in [0.1, 0.15) is 11.1 Å². The third-order valence-electron chi connectivity index (χ3n) is 6.79. The molecule has 33 heavy (non-hydrogen) atoms. The van der Waals surface area contributed by atoms with Gasteiger partial charge in [-0.2, -0.15) is 0 Å². The second kappa shape index (κ2) is 11.6. The summed E-state index contributed by atoms with van der Waals surface area (Å²) in [5, 5.41) is 0. The Morgan fingerprint density at radius 1 is 0.848 bits per heavy atom. The van der Waals surface area contributed by atoms with Gasteiger partial charge in [-0.25, -0.2) is 4.39 Å². The van der Waals surface area contributed by atoms with Gasteiger partial charge in [0, 0.05) is 71.0 Å². The number of carbonyl (C=O) groups excluding carboxylic acids is 1. The highest BCUT2D eigenvalue weighted by molar-refractivity contribution is 5.78. The summed E-state index contributed by atoms with van der Waals surface area (Å²) in [5.74, 6) is 0.544. The molecule has 0 N–H and O–H groups in total. The Morgan fingerprint density at radius 3 is 2.21 bits per heavy atom. The number of nitrogens with zero attached hydrogens (tertiary/aromatic N) is 4. The highest BCUT2D eigenvalue weighted by Gasteiger charge is 2.25. The van der Waals surface area contributed by atoms with E-state index in [1.165, 1.54) is 11.6 Å². The van der Waals surface area contributed by atoms with Gasteiger partial charge in [0.25, 0.3) is 0 Å². The summed E-state index contributed by atoms with van der Waals surface area (Å²) in [5.41, 5.74) is 1.97. The number of rotatable bonds is 8. The summed E-state index contributed by atoms with van der Waals surface area (Å²) in [6.45, 7) is 8.83. The number of hydrogen-bond donors (Lipinski definition) is 0. The maximum absolute atomic E-state index is 14.2. The van der Waals surface area contributed by atoms with Crippen LogP contribution in [-0.4, -0.2) is 98.1 Å². The molecule has 0 unspecified atom stereocenters. The fourth-order valence-electron chi connectivity index (χ4n) is 4.66. The van der Waals surface area contributed by atoms with Gasteiger partial charge in [-0.15, -0.1) is 0 Å². The van der Waals surface area contributed by atoms with Crippen molar-refractivity contribution >= 4 is 5.91 Å². The van der Waals surface area contributed by atoms with E-state index in [-0.39, 0.29) is 11.7 Å². The van der Waals surface area contributed by atoms with Gasteiger partial charge >= 0.3 is 0 Å². The molecule has 2 aromatic carbocycles. The maximum Gasteiger partial charge on any atom is 0.236 e. The lowest BCUT2D eigenvalue weighted by Gasteiger charge is -2.38. The fraction of sp³-hybridized carbons (Fsp3) is 0.500. The van der Waals surface area contributed by atoms with Crippen LogP contribution in [0.2, 0.25) is 0 Å². The summed E-state index contributed by atoms with van der Waals surface area (Å²) in [4.78, 5) is 21.8. The van der Waals surface area contributed by atoms with E-state index in [2.05, 4.69) is 45.0 Å². The zero-order valence-corrected chi connectivity index (χ0v) is 19.6. The van der Waals surface area contributed by atoms with Crippen molar-refractivity contribution in [2.24, 2.45) is 0 Å². The third kappa shape index (κ3) is 6.53. The van der Waals surface area contributed by atoms with E-state index in [1.54, 1.807) is 19.2 Å². The van der Waals surface area contributed by atoms with E-state index < -0.39 is 0 Å². The molecule has 2 aromatic rings. The second-order valence-corrected chi connectivity index (χ2v) is 8.93. The molecular formula is C26H35FN4O2. The van der Waals surface area contributed by atoms with E-state index in [1.807, 2.05) is 4.90 Å². The van der Waals surface area contributed by atoms with Crippen molar-refractivity contribution in [3.63, 3.8) is 0 Å². The van der Waals surface area contributed by atoms with Crippen LogP contribution in [0, 0.1) is 5.82 Å². The van der Waals surface area contributed by atoms with E-state index in [9.17, 15) is 9.18 Å². The average Bonchev–Trinajstić information content (AvgIpc) is 2.86. The van der Waals surface area contributed by atoms with Gasteiger partial charge in [-0.05, 0) is 24.1 Å². The number of carbonyl (C=O) groups is 1. The van der Waals surface area contributed by atoms with Gasteiger partial charge < -0.3 is 14.5 Å². The van der Waals surface area contributed by atoms with Gasteiger partial charge in [0.2, 0.25) is 5.91 Å². The molecule has 7 heteroatoms. The Kier molecular flexibility index (Phi) is 8.31. The van der Waals surface area contributed by atoms with E-state index in [0.29, 0.717) is 37.5 Å². The zero-order chi connectivity index (χ0) is 23.0. The van der Waals surface area contributed by atoms with Gasteiger partial charge in [-0.1, -0.05) is 36.4 Å². The van der Waals surface area contributed by atoms with Crippen LogP contribution in [0.3, 0.4) is 0 Å². The molecule has 4 rings (SSSR count). The Hall–Kier alpha value is -2.48. The van der Waals surface area contributed by atoms with Crippen molar-refractivity contribution in [1.29, 1.82) is 0 Å². The first-order valence-electron chi connectivity index (χ1n) is 11.9. The van der Waals surface area contributed by atoms with Crippen LogP contribution in [0.15, 0.2) is 48.5 Å². The summed E-state index contributed by atoms with van der Waals surface area (Å²) in [7, 11) is 1.57. The lowest BCUT2D eigenvalue weighted by atomic mass is 10.1. The standard InChI is InChI=1S/C26H35FN4O2/c1-33-25-9-5-8-24(27)23(25)20-29-16-18-31(19-17-29)26(32)21-30-14-12-28(13-15-30)11-10-22-6-3-2-4-7-22/h2-9H,10-21H2,1H3. The maximum atomic E-state index is 14.2. The quantitative estimate of drug-likeness (QED) is 0.612. The predicted octanol–water partition coefficient (Wildman–Crippen LogP) is 2.34. The molecule has 1 amide bonds. The van der Waals surface area contributed by atoms with Crippen molar-refractivity contribution in [3.05, 3.63) is 65.5 Å². The van der Waals surface area contributed by atoms with Crippen LogP contribution < -0.4 is 4.74 Å². The summed E-state index contributed by atoms with van der Waals surface area (Å²) in [6.07, 6.45) is 1.07. The number of amides is 1. The van der Waals surface area contributed by atoms with Crippen LogP contribution in [0.25, 0.3) is 0 Å². The molecule has 6 nitrogen and oxygen atoms in total. The summed E-state index contributed by atoms with van der Waals surface area (Å²) >= 11 is 0. The molecular weight excluding hydrogens is 419 g/mol. The number of hydrogen-bond acceptors (Lipinski definition) is 5. The summed E-state index contributed by atoms with van der Waals surface area (Å²) in [6, 6.07) is 15.5. The molecule has 0 spiro atoms. The van der Waals surface area contributed by atoms with Crippen LogP contribution in [-0.2, 0) is 17.8 Å². The monoisotopic (exact) mass is 454 g/mol. The average molecular weight is 455 g/mol. The smallest absolute Gasteiger partial charge is 0.236 e. The minimum absolute atomic E-state index is 0.204. The highest BCUT2D eigenvalue weighted by atomic mass is 19.1. The molecule has 0 atom stereocenters. The first-order chi connectivity index (χ1) is 16.1. The molecule has 2 heterocycles. The Labute approximate surface area is 196 Å². The van der Waals surface area contributed by atoms with Gasteiger partial charge in [0.15, 0.2) is 0 Å². The first-order valence-corrected chi connectivity index (χ1v) is 11.9. The van der Waals surface area contributed by atoms with E-state index >= 15 is 0 Å². The molecule has 2 saturated heterocycles. The Morgan fingerprint density at radius 2 is 1.52 bits per heavy atom. The van der Waals surface area contributed by atoms with Crippen LogP contribution in [0.4, 0.5) is 4.39 Å². The van der Waals surface area contributed by atoms with Gasteiger partial charge in [0.1, 0.15) is 11.6 Å². The van der Waals surface area contributed by atoms with E-state index in [0.717, 1.165) is 52.2 Å². The first kappa shape index (κ1) is 23.7. The minimum atomic E-state index is -0.240. The van der Waals surface area contributed by atoms with E-state index in [4.69, 9.17) is 4.74 Å². The zero-order valence-electron chi connectivity index (χ0n) is 19.6. The molecule has 2 aliphatic heterocycles. The molecule has 0 bridgehead atoms. The van der Waals surface area contributed by atoms with Gasteiger partial charge in [0.05, 0.1) is 13.7 Å². The third-order valence-corrected chi connectivity index (χ3v) is 6.79. The number of benzene rings is 2. The van der Waals surface area contributed by atoms with Crippen molar-refractivity contribution in [1.82, 2.24) is 19.6 Å². The van der Waals surface area contributed by atoms with Crippen LogP contribution >= 0.6 is 0 Å². The number of halogens is 1. The highest BCUT2D eigenvalue weighted by Crippen LogP contribution is 2.23. The van der Waals surface area contributed by atoms with Crippen molar-refractivity contribution in [2.45, 2.75) is 13.0 Å². The van der Waals surface area contributed by atoms with Gasteiger partial charge in [-0.3, -0.25) is 14.6 Å². The molecule has 0 radical (unpaired) electrons. The predicted molar refractivity (Wildman–Crippen MR) is 128 cm³/mol. The molecule has 0 aromatic heterocycles. The second-order valence-electron chi connectivity index (χ2n) is 8.93. The molecule has 0 saturated carbocycles. The van der Waals surface area contributed by atoms with Crippen molar-refractivity contribution < 1.29 is 13.9 Å². The molecule has 2 aliphatic rings. The number of piperazine rings is 2. The summed E-state index contributed by atoms with van der Waals surface area (Å²) < 4.78 is 19.6. The minimum Gasteiger partial charge on any atom is -0.496 e. The SMILES string of the molecule is COc1cccc(F)c1CN1CCN(C(=O)CN2CCN(CCc3ccccc3)CC2)CC1. The number of methoxy groups -OCH3 is 1. The topological polar surface area (TPSA) is 39.3 Å². The Balaban J connectivity index is 1.16. The number of ether oxygens (including phenoxy) is 1. The lowest BCUT2D eigenvalue weighted by molar-refractivity contribution is -0.134. The normalized spacial score (nSPS) is 18.4. The van der Waals surface area contributed by atoms with Crippen LogP contribution in [0.5, 0.6) is 5.75 Å². The lowest BCUT2D eigenvalue weighted by Crippen LogP contribution is -2.53. The molecule has 0 aliphatic carbocycles. The van der Waals surface area contributed by atoms with Crippen molar-refractivity contribution in [2.75, 3.05) is 72.6 Å². The Bertz CT molecular complexity index is 894. The molecule has 178 valence electrons. The molecule has 2 fully saturated rings.